The molecule has 0 saturated carbocycles. The van der Waals surface area contributed by atoms with Gasteiger partial charge in [-0.05, 0) is 65.7 Å². The molecule has 0 saturated heterocycles. The fraction of sp³-hybridized carbons (Fsp3) is 0.111. The summed E-state index contributed by atoms with van der Waals surface area (Å²) in [7, 11) is 0. The van der Waals surface area contributed by atoms with Gasteiger partial charge in [0.25, 0.3) is 5.91 Å². The van der Waals surface area contributed by atoms with Gasteiger partial charge in [0.15, 0.2) is 0 Å². The molecular formula is C27H23ClN2O3. The van der Waals surface area contributed by atoms with E-state index in [0.29, 0.717) is 29.5 Å². The number of nitrogens with one attached hydrogen (secondary N) is 1. The zero-order valence-electron chi connectivity index (χ0n) is 18.1. The van der Waals surface area contributed by atoms with Gasteiger partial charge in [0.2, 0.25) is 0 Å². The van der Waals surface area contributed by atoms with E-state index in [-0.39, 0.29) is 5.91 Å². The third-order valence-corrected chi connectivity index (χ3v) is 5.24. The molecule has 1 amide bonds. The Morgan fingerprint density at radius 3 is 2.58 bits per heavy atom. The second-order valence-corrected chi connectivity index (χ2v) is 7.71. The first kappa shape index (κ1) is 22.4. The lowest BCUT2D eigenvalue weighted by Gasteiger charge is -2.12. The number of hydrazone groups is 1. The molecule has 0 aliphatic carbocycles. The smallest absolute Gasteiger partial charge is 0.271 e. The number of ether oxygens (including phenoxy) is 2. The molecule has 0 aliphatic heterocycles. The molecule has 0 bridgehead atoms. The molecule has 4 aromatic rings. The Morgan fingerprint density at radius 1 is 0.970 bits per heavy atom. The van der Waals surface area contributed by atoms with Crippen molar-refractivity contribution in [1.29, 1.82) is 0 Å². The highest BCUT2D eigenvalue weighted by molar-refractivity contribution is 6.30. The molecule has 4 rings (SSSR count). The summed E-state index contributed by atoms with van der Waals surface area (Å²) in [5, 5.41) is 6.88. The normalized spacial score (nSPS) is 11.0. The molecule has 0 heterocycles. The summed E-state index contributed by atoms with van der Waals surface area (Å²) in [6, 6.07) is 26.3. The number of amides is 1. The molecule has 5 nitrogen and oxygen atoms in total. The molecule has 0 aliphatic rings. The van der Waals surface area contributed by atoms with Gasteiger partial charge in [0.05, 0.1) is 12.8 Å². The van der Waals surface area contributed by atoms with Crippen LogP contribution in [0.5, 0.6) is 11.5 Å². The second-order valence-electron chi connectivity index (χ2n) is 7.27. The highest BCUT2D eigenvalue weighted by atomic mass is 35.5. The van der Waals surface area contributed by atoms with Gasteiger partial charge in [-0.1, -0.05) is 54.1 Å². The van der Waals surface area contributed by atoms with Crippen molar-refractivity contribution in [1.82, 2.24) is 5.43 Å². The molecule has 0 spiro atoms. The number of hydrogen-bond acceptors (Lipinski definition) is 4. The molecule has 0 radical (unpaired) electrons. The quantitative estimate of drug-likeness (QED) is 0.251. The van der Waals surface area contributed by atoms with Gasteiger partial charge in [-0.3, -0.25) is 4.79 Å². The third kappa shape index (κ3) is 5.70. The Balaban J connectivity index is 1.54. The summed E-state index contributed by atoms with van der Waals surface area (Å²) in [5.74, 6) is 1.07. The van der Waals surface area contributed by atoms with Crippen LogP contribution in [0.4, 0.5) is 0 Å². The van der Waals surface area contributed by atoms with E-state index >= 15 is 0 Å². The average Bonchev–Trinajstić information content (AvgIpc) is 2.84. The van der Waals surface area contributed by atoms with E-state index in [1.165, 1.54) is 0 Å². The van der Waals surface area contributed by atoms with Gasteiger partial charge in [-0.25, -0.2) is 5.43 Å². The highest BCUT2D eigenvalue weighted by Crippen LogP contribution is 2.27. The van der Waals surface area contributed by atoms with Crippen LogP contribution >= 0.6 is 11.6 Å². The maximum atomic E-state index is 12.5. The van der Waals surface area contributed by atoms with Crippen LogP contribution < -0.4 is 14.9 Å². The van der Waals surface area contributed by atoms with Gasteiger partial charge in [0, 0.05) is 16.1 Å². The minimum Gasteiger partial charge on any atom is -0.494 e. The van der Waals surface area contributed by atoms with Crippen molar-refractivity contribution < 1.29 is 14.3 Å². The summed E-state index contributed by atoms with van der Waals surface area (Å²) >= 11 is 6.09. The number of halogens is 1. The van der Waals surface area contributed by atoms with Crippen LogP contribution in [0.2, 0.25) is 5.02 Å². The molecule has 166 valence electrons. The largest absolute Gasteiger partial charge is 0.494 e. The van der Waals surface area contributed by atoms with Crippen molar-refractivity contribution in [3.05, 3.63) is 107 Å². The van der Waals surface area contributed by atoms with Crippen LogP contribution in [-0.2, 0) is 6.61 Å². The van der Waals surface area contributed by atoms with Crippen LogP contribution in [0, 0.1) is 0 Å². The van der Waals surface area contributed by atoms with Crippen LogP contribution in [0.15, 0.2) is 90.0 Å². The molecule has 0 unspecified atom stereocenters. The third-order valence-electron chi connectivity index (χ3n) is 5.00. The molecule has 33 heavy (non-hydrogen) atoms. The molecule has 0 fully saturated rings. The predicted molar refractivity (Wildman–Crippen MR) is 132 cm³/mol. The summed E-state index contributed by atoms with van der Waals surface area (Å²) in [6.07, 6.45) is 1.61. The summed E-state index contributed by atoms with van der Waals surface area (Å²) in [6.45, 7) is 2.84. The van der Waals surface area contributed by atoms with E-state index in [9.17, 15) is 4.79 Å². The monoisotopic (exact) mass is 458 g/mol. The van der Waals surface area contributed by atoms with Crippen molar-refractivity contribution >= 4 is 34.5 Å². The van der Waals surface area contributed by atoms with Gasteiger partial charge >= 0.3 is 0 Å². The minimum absolute atomic E-state index is 0.309. The van der Waals surface area contributed by atoms with Crippen LogP contribution in [-0.4, -0.2) is 18.7 Å². The average molecular weight is 459 g/mol. The Bertz CT molecular complexity index is 1290. The lowest BCUT2D eigenvalue weighted by atomic mass is 10.0. The van der Waals surface area contributed by atoms with Crippen LogP contribution in [0.25, 0.3) is 10.8 Å². The van der Waals surface area contributed by atoms with E-state index < -0.39 is 0 Å². The van der Waals surface area contributed by atoms with Gasteiger partial charge in [-0.15, -0.1) is 0 Å². The fourth-order valence-electron chi connectivity index (χ4n) is 3.41. The van der Waals surface area contributed by atoms with Crippen molar-refractivity contribution in [3.63, 3.8) is 0 Å². The predicted octanol–water partition coefficient (Wildman–Crippen LogP) is 6.23. The molecule has 6 heteroatoms. The first-order valence-electron chi connectivity index (χ1n) is 10.6. The Morgan fingerprint density at radius 2 is 1.79 bits per heavy atom. The number of benzene rings is 4. The number of rotatable bonds is 8. The van der Waals surface area contributed by atoms with Crippen molar-refractivity contribution in [2.75, 3.05) is 6.61 Å². The number of carbonyl (C=O) groups is 1. The fourth-order valence-corrected chi connectivity index (χ4v) is 3.62. The van der Waals surface area contributed by atoms with Crippen molar-refractivity contribution in [2.24, 2.45) is 5.10 Å². The van der Waals surface area contributed by atoms with Gasteiger partial charge in [0.1, 0.15) is 18.1 Å². The second kappa shape index (κ2) is 10.7. The zero-order valence-corrected chi connectivity index (χ0v) is 18.9. The summed E-state index contributed by atoms with van der Waals surface area (Å²) in [4.78, 5) is 12.5. The maximum Gasteiger partial charge on any atom is 0.271 e. The van der Waals surface area contributed by atoms with E-state index in [2.05, 4.69) is 10.5 Å². The standard InChI is InChI=1S/C27H23ClN2O3/c1-2-32-23-13-10-21(11-14-23)27(31)30-29-17-25-24-9-4-3-7-20(24)12-15-26(25)33-18-19-6-5-8-22(28)16-19/h3-17H,2,18H2,1H3,(H,30,31)/b29-17-. The minimum atomic E-state index is -0.309. The van der Waals surface area contributed by atoms with E-state index in [1.54, 1.807) is 30.5 Å². The summed E-state index contributed by atoms with van der Waals surface area (Å²) in [5.41, 5.74) is 4.82. The number of fused-ring (bicyclic) bond motifs is 1. The molecule has 1 N–H and O–H groups in total. The number of hydrogen-bond donors (Lipinski definition) is 1. The topological polar surface area (TPSA) is 59.9 Å². The SMILES string of the molecule is CCOc1ccc(C(=O)N/N=C\c2c(OCc3cccc(Cl)c3)ccc3ccccc23)cc1. The van der Waals surface area contributed by atoms with Gasteiger partial charge < -0.3 is 9.47 Å². The highest BCUT2D eigenvalue weighted by Gasteiger charge is 2.09. The van der Waals surface area contributed by atoms with Gasteiger partial charge in [-0.2, -0.15) is 5.10 Å². The van der Waals surface area contributed by atoms with Crippen molar-refractivity contribution in [2.45, 2.75) is 13.5 Å². The Kier molecular flexibility index (Phi) is 7.22. The molecule has 0 atom stereocenters. The Hall–Kier alpha value is -3.83. The van der Waals surface area contributed by atoms with E-state index in [4.69, 9.17) is 21.1 Å². The summed E-state index contributed by atoms with van der Waals surface area (Å²) < 4.78 is 11.5. The first-order chi connectivity index (χ1) is 16.1. The van der Waals surface area contributed by atoms with Crippen LogP contribution in [0.1, 0.15) is 28.4 Å². The molecule has 4 aromatic carbocycles. The number of nitrogens with zero attached hydrogens (tertiary/aromatic N) is 1. The lowest BCUT2D eigenvalue weighted by Crippen LogP contribution is -2.17. The maximum absolute atomic E-state index is 12.5. The van der Waals surface area contributed by atoms with Crippen molar-refractivity contribution in [3.8, 4) is 11.5 Å². The zero-order chi connectivity index (χ0) is 23.0. The number of carbonyl (C=O) groups excluding carboxylic acids is 1. The molecular weight excluding hydrogens is 436 g/mol. The van der Waals surface area contributed by atoms with Crippen LogP contribution in [0.3, 0.4) is 0 Å². The molecule has 0 aromatic heterocycles. The lowest BCUT2D eigenvalue weighted by molar-refractivity contribution is 0.0955. The Labute approximate surface area is 197 Å². The van der Waals surface area contributed by atoms with E-state index in [0.717, 1.165) is 27.6 Å². The first-order valence-corrected chi connectivity index (χ1v) is 11.0. The van der Waals surface area contributed by atoms with E-state index in [1.807, 2.05) is 67.6 Å².